The van der Waals surface area contributed by atoms with Crippen molar-refractivity contribution in [2.75, 3.05) is 13.1 Å². The number of carboxylic acids is 1. The zero-order valence-electron chi connectivity index (χ0n) is 12.7. The lowest BCUT2D eigenvalue weighted by atomic mass is 10.0. The van der Waals surface area contributed by atoms with Crippen LogP contribution in [0.5, 0.6) is 0 Å². The van der Waals surface area contributed by atoms with E-state index in [0.717, 1.165) is 16.8 Å². The Balaban J connectivity index is 2.90. The lowest BCUT2D eigenvalue weighted by molar-refractivity contribution is -0.137. The van der Waals surface area contributed by atoms with E-state index in [1.807, 2.05) is 27.7 Å². The molecule has 0 aliphatic carbocycles. The summed E-state index contributed by atoms with van der Waals surface area (Å²) in [6.07, 6.45) is 1.43. The second-order valence-electron chi connectivity index (χ2n) is 4.95. The van der Waals surface area contributed by atoms with Gasteiger partial charge in [0, 0.05) is 25.2 Å². The third kappa shape index (κ3) is 3.62. The fourth-order valence-corrected chi connectivity index (χ4v) is 2.46. The first-order chi connectivity index (χ1) is 9.42. The number of hydrogen-bond donors (Lipinski definition) is 2. The fraction of sp³-hybridized carbons (Fsp3) is 0.600. The van der Waals surface area contributed by atoms with Crippen molar-refractivity contribution in [3.05, 3.63) is 22.5 Å². The van der Waals surface area contributed by atoms with Gasteiger partial charge in [0.25, 0.3) is 5.91 Å². The number of carbonyl (C=O) groups is 2. The second-order valence-corrected chi connectivity index (χ2v) is 4.95. The Bertz CT molecular complexity index is 488. The highest BCUT2D eigenvalue weighted by atomic mass is 16.4. The van der Waals surface area contributed by atoms with Crippen LogP contribution in [-0.4, -0.2) is 40.0 Å². The molecule has 0 aliphatic rings. The average molecular weight is 280 g/mol. The van der Waals surface area contributed by atoms with Gasteiger partial charge in [0.05, 0.1) is 0 Å². The molecule has 0 fully saturated rings. The van der Waals surface area contributed by atoms with Gasteiger partial charge in [0.2, 0.25) is 0 Å². The molecule has 112 valence electrons. The van der Waals surface area contributed by atoms with Gasteiger partial charge in [0.15, 0.2) is 0 Å². The van der Waals surface area contributed by atoms with Crippen LogP contribution in [0.4, 0.5) is 0 Å². The van der Waals surface area contributed by atoms with Crippen LogP contribution >= 0.6 is 0 Å². The third-order valence-corrected chi connectivity index (χ3v) is 3.67. The van der Waals surface area contributed by atoms with Crippen LogP contribution in [0.2, 0.25) is 0 Å². The van der Waals surface area contributed by atoms with Crippen molar-refractivity contribution in [1.29, 1.82) is 0 Å². The Hall–Kier alpha value is -1.78. The summed E-state index contributed by atoms with van der Waals surface area (Å²) in [5, 5.41) is 8.69. The van der Waals surface area contributed by atoms with Crippen molar-refractivity contribution in [1.82, 2.24) is 9.88 Å². The highest BCUT2D eigenvalue weighted by Gasteiger charge is 2.20. The summed E-state index contributed by atoms with van der Waals surface area (Å²) in [7, 11) is 0. The number of carboxylic acid groups (broad SMARTS) is 1. The van der Waals surface area contributed by atoms with E-state index in [-0.39, 0.29) is 12.3 Å². The first-order valence-corrected chi connectivity index (χ1v) is 7.11. The SMILES string of the molecule is CCN(CC)C(=O)c1[nH]c(C)c(CCCC(=O)O)c1C. The van der Waals surface area contributed by atoms with E-state index in [4.69, 9.17) is 5.11 Å². The summed E-state index contributed by atoms with van der Waals surface area (Å²) >= 11 is 0. The van der Waals surface area contributed by atoms with Gasteiger partial charge in [0.1, 0.15) is 5.69 Å². The number of hydrogen-bond acceptors (Lipinski definition) is 2. The minimum absolute atomic E-state index is 0.0140. The van der Waals surface area contributed by atoms with Crippen molar-refractivity contribution >= 4 is 11.9 Å². The monoisotopic (exact) mass is 280 g/mol. The molecule has 0 bridgehead atoms. The van der Waals surface area contributed by atoms with Crippen LogP contribution in [-0.2, 0) is 11.2 Å². The first-order valence-electron chi connectivity index (χ1n) is 7.11. The van der Waals surface area contributed by atoms with Gasteiger partial charge >= 0.3 is 5.97 Å². The van der Waals surface area contributed by atoms with Crippen molar-refractivity contribution in [2.45, 2.75) is 47.0 Å². The summed E-state index contributed by atoms with van der Waals surface area (Å²) in [6, 6.07) is 0. The smallest absolute Gasteiger partial charge is 0.303 e. The predicted molar refractivity (Wildman–Crippen MR) is 78.1 cm³/mol. The molecule has 2 N–H and O–H groups in total. The Kier molecular flexibility index (Phi) is 5.80. The summed E-state index contributed by atoms with van der Waals surface area (Å²) in [6.45, 7) is 9.14. The molecule has 0 radical (unpaired) electrons. The molecule has 0 spiro atoms. The molecule has 1 amide bonds. The van der Waals surface area contributed by atoms with Crippen molar-refractivity contribution < 1.29 is 14.7 Å². The van der Waals surface area contributed by atoms with Gasteiger partial charge in [-0.15, -0.1) is 0 Å². The van der Waals surface area contributed by atoms with Crippen LogP contribution in [0.15, 0.2) is 0 Å². The van der Waals surface area contributed by atoms with E-state index in [9.17, 15) is 9.59 Å². The Labute approximate surface area is 120 Å². The number of aromatic amines is 1. The third-order valence-electron chi connectivity index (χ3n) is 3.67. The minimum atomic E-state index is -0.782. The molecule has 20 heavy (non-hydrogen) atoms. The maximum Gasteiger partial charge on any atom is 0.303 e. The molecule has 0 atom stereocenters. The largest absolute Gasteiger partial charge is 0.481 e. The Morgan fingerprint density at radius 2 is 1.80 bits per heavy atom. The average Bonchev–Trinajstić information content (AvgIpc) is 2.67. The molecule has 0 unspecified atom stereocenters. The van der Waals surface area contributed by atoms with Gasteiger partial charge in [-0.2, -0.15) is 0 Å². The maximum atomic E-state index is 12.4. The lowest BCUT2D eigenvalue weighted by Gasteiger charge is -2.18. The first kappa shape index (κ1) is 16.3. The molecule has 1 aromatic rings. The molecule has 0 saturated heterocycles. The van der Waals surface area contributed by atoms with Gasteiger partial charge in [-0.3, -0.25) is 9.59 Å². The summed E-state index contributed by atoms with van der Waals surface area (Å²) < 4.78 is 0. The van der Waals surface area contributed by atoms with Crippen LogP contribution in [0.1, 0.15) is 54.0 Å². The van der Waals surface area contributed by atoms with Crippen molar-refractivity contribution in [3.63, 3.8) is 0 Å². The number of nitrogens with one attached hydrogen (secondary N) is 1. The number of aliphatic carboxylic acids is 1. The maximum absolute atomic E-state index is 12.4. The molecule has 5 nitrogen and oxygen atoms in total. The van der Waals surface area contributed by atoms with Crippen LogP contribution in [0.25, 0.3) is 0 Å². The number of H-pyrrole nitrogens is 1. The lowest BCUT2D eigenvalue weighted by Crippen LogP contribution is -2.31. The van der Waals surface area contributed by atoms with E-state index >= 15 is 0 Å². The molecule has 1 heterocycles. The summed E-state index contributed by atoms with van der Waals surface area (Å²) in [5.41, 5.74) is 3.62. The van der Waals surface area contributed by atoms with Crippen molar-refractivity contribution in [2.24, 2.45) is 0 Å². The van der Waals surface area contributed by atoms with Gasteiger partial charge < -0.3 is 15.0 Å². The quantitative estimate of drug-likeness (QED) is 0.806. The van der Waals surface area contributed by atoms with E-state index in [0.29, 0.717) is 31.6 Å². The number of rotatable bonds is 7. The van der Waals surface area contributed by atoms with E-state index in [1.165, 1.54) is 0 Å². The van der Waals surface area contributed by atoms with Crippen molar-refractivity contribution in [3.8, 4) is 0 Å². The number of aryl methyl sites for hydroxylation is 1. The molecule has 1 rings (SSSR count). The van der Waals surface area contributed by atoms with E-state index < -0.39 is 5.97 Å². The van der Waals surface area contributed by atoms with Crippen LogP contribution in [0.3, 0.4) is 0 Å². The molecule has 0 saturated carbocycles. The summed E-state index contributed by atoms with van der Waals surface area (Å²) in [5.74, 6) is -0.768. The van der Waals surface area contributed by atoms with Crippen LogP contribution in [0, 0.1) is 13.8 Å². The zero-order chi connectivity index (χ0) is 15.3. The van der Waals surface area contributed by atoms with Gasteiger partial charge in [-0.25, -0.2) is 0 Å². The number of amides is 1. The number of carbonyl (C=O) groups excluding carboxylic acids is 1. The Morgan fingerprint density at radius 3 is 2.30 bits per heavy atom. The van der Waals surface area contributed by atoms with E-state index in [1.54, 1.807) is 4.90 Å². The number of nitrogens with zero attached hydrogens (tertiary/aromatic N) is 1. The molecule has 1 aromatic heterocycles. The van der Waals surface area contributed by atoms with E-state index in [2.05, 4.69) is 4.98 Å². The zero-order valence-corrected chi connectivity index (χ0v) is 12.7. The second kappa shape index (κ2) is 7.12. The van der Waals surface area contributed by atoms with Gasteiger partial charge in [-0.05, 0) is 51.7 Å². The van der Waals surface area contributed by atoms with Crippen LogP contribution < -0.4 is 0 Å². The highest BCUT2D eigenvalue weighted by Crippen LogP contribution is 2.21. The molecular weight excluding hydrogens is 256 g/mol. The molecular formula is C15H24N2O3. The Morgan fingerprint density at radius 1 is 1.20 bits per heavy atom. The molecule has 0 aromatic carbocycles. The standard InChI is InChI=1S/C15H24N2O3/c1-5-17(6-2)15(20)14-10(3)12(11(4)16-14)8-7-9-13(18)19/h16H,5-9H2,1-4H3,(H,18,19). The fourth-order valence-electron chi connectivity index (χ4n) is 2.46. The predicted octanol–water partition coefficient (Wildman–Crippen LogP) is 2.52. The minimum Gasteiger partial charge on any atom is -0.481 e. The number of aromatic nitrogens is 1. The topological polar surface area (TPSA) is 73.4 Å². The summed E-state index contributed by atoms with van der Waals surface area (Å²) in [4.78, 5) is 27.9. The highest BCUT2D eigenvalue weighted by molar-refractivity contribution is 5.94. The molecule has 0 aliphatic heterocycles. The van der Waals surface area contributed by atoms with Gasteiger partial charge in [-0.1, -0.05) is 0 Å². The molecule has 5 heteroatoms. The normalized spacial score (nSPS) is 10.6.